The summed E-state index contributed by atoms with van der Waals surface area (Å²) in [6, 6.07) is 0. The summed E-state index contributed by atoms with van der Waals surface area (Å²) in [5.74, 6) is 1.75. The minimum atomic E-state index is -0.499. The van der Waals surface area contributed by atoms with Gasteiger partial charge in [0.05, 0.1) is 4.92 Å². The van der Waals surface area contributed by atoms with Crippen LogP contribution in [0, 0.1) is 22.0 Å². The number of nitrogens with one attached hydrogen (secondary N) is 1. The maximum atomic E-state index is 10.9. The van der Waals surface area contributed by atoms with E-state index in [1.165, 1.54) is 25.7 Å². The topological polar surface area (TPSA) is 81.0 Å². The van der Waals surface area contributed by atoms with Crippen LogP contribution < -0.4 is 5.32 Å². The fourth-order valence-electron chi connectivity index (χ4n) is 2.63. The number of hydrogen-bond donors (Lipinski definition) is 1. The second-order valence-electron chi connectivity index (χ2n) is 5.47. The lowest BCUT2D eigenvalue weighted by Gasteiger charge is -2.26. The lowest BCUT2D eigenvalue weighted by molar-refractivity contribution is -0.384. The zero-order valence-electron chi connectivity index (χ0n) is 11.5. The first-order valence-electron chi connectivity index (χ1n) is 6.97. The van der Waals surface area contributed by atoms with Crippen molar-refractivity contribution in [3.8, 4) is 0 Å². The highest BCUT2D eigenvalue weighted by Crippen LogP contribution is 2.30. The molecule has 2 rings (SSSR count). The molecule has 6 nitrogen and oxygen atoms in total. The molecule has 0 unspecified atom stereocenters. The van der Waals surface area contributed by atoms with Crippen molar-refractivity contribution in [3.05, 3.63) is 21.6 Å². The van der Waals surface area contributed by atoms with E-state index < -0.39 is 4.92 Å². The molecule has 1 aliphatic carbocycles. The van der Waals surface area contributed by atoms with Gasteiger partial charge in [-0.15, -0.1) is 0 Å². The number of halogens is 1. The van der Waals surface area contributed by atoms with Gasteiger partial charge >= 0.3 is 5.69 Å². The molecule has 1 aromatic heterocycles. The fourth-order valence-corrected chi connectivity index (χ4v) is 2.76. The third kappa shape index (κ3) is 4.03. The van der Waals surface area contributed by atoms with Gasteiger partial charge in [0.2, 0.25) is 11.1 Å². The van der Waals surface area contributed by atoms with Gasteiger partial charge in [-0.05, 0) is 29.9 Å². The Labute approximate surface area is 123 Å². The first kappa shape index (κ1) is 15.0. The van der Waals surface area contributed by atoms with Crippen LogP contribution in [0.15, 0.2) is 6.20 Å². The maximum Gasteiger partial charge on any atom is 0.329 e. The largest absolute Gasteiger partial charge is 0.364 e. The highest BCUT2D eigenvalue weighted by molar-refractivity contribution is 6.28. The van der Waals surface area contributed by atoms with Crippen molar-refractivity contribution in [2.45, 2.75) is 39.0 Å². The Hall–Kier alpha value is -1.43. The molecule has 1 fully saturated rings. The van der Waals surface area contributed by atoms with E-state index in [1.54, 1.807) is 0 Å². The van der Waals surface area contributed by atoms with E-state index in [4.69, 9.17) is 11.6 Å². The molecular weight excluding hydrogens is 280 g/mol. The third-order valence-corrected chi connectivity index (χ3v) is 4.10. The predicted octanol–water partition coefficient (Wildman–Crippen LogP) is 3.67. The Morgan fingerprint density at radius 2 is 2.15 bits per heavy atom. The van der Waals surface area contributed by atoms with Crippen molar-refractivity contribution >= 4 is 23.1 Å². The second-order valence-corrected chi connectivity index (χ2v) is 5.81. The molecule has 0 spiro atoms. The fraction of sp³-hybridized carbons (Fsp3) is 0.692. The molecule has 0 aromatic carbocycles. The number of nitrogens with zero attached hydrogens (tertiary/aromatic N) is 3. The van der Waals surface area contributed by atoms with Gasteiger partial charge < -0.3 is 5.32 Å². The molecule has 0 atom stereocenters. The minimum absolute atomic E-state index is 0.0181. The van der Waals surface area contributed by atoms with Crippen LogP contribution in [0.4, 0.5) is 11.5 Å². The van der Waals surface area contributed by atoms with Crippen LogP contribution in [-0.4, -0.2) is 21.4 Å². The molecule has 1 aliphatic rings. The van der Waals surface area contributed by atoms with E-state index in [2.05, 4.69) is 22.2 Å². The zero-order valence-corrected chi connectivity index (χ0v) is 12.3. The minimum Gasteiger partial charge on any atom is -0.364 e. The summed E-state index contributed by atoms with van der Waals surface area (Å²) in [5.41, 5.74) is -0.133. The molecule has 0 bridgehead atoms. The number of hydrogen-bond acceptors (Lipinski definition) is 5. The molecule has 1 aromatic rings. The van der Waals surface area contributed by atoms with Gasteiger partial charge in [0.25, 0.3) is 0 Å². The van der Waals surface area contributed by atoms with E-state index in [9.17, 15) is 10.1 Å². The van der Waals surface area contributed by atoms with Crippen LogP contribution in [0.5, 0.6) is 0 Å². The summed E-state index contributed by atoms with van der Waals surface area (Å²) in [6.07, 6.45) is 7.20. The number of nitro groups is 1. The van der Waals surface area contributed by atoms with Crippen molar-refractivity contribution in [2.24, 2.45) is 11.8 Å². The Morgan fingerprint density at radius 3 is 2.80 bits per heavy atom. The summed E-state index contributed by atoms with van der Waals surface area (Å²) in [7, 11) is 0. The monoisotopic (exact) mass is 298 g/mol. The Balaban J connectivity index is 1.87. The molecule has 1 saturated carbocycles. The van der Waals surface area contributed by atoms with E-state index in [0.29, 0.717) is 12.5 Å². The van der Waals surface area contributed by atoms with Crippen LogP contribution in [0.25, 0.3) is 0 Å². The zero-order chi connectivity index (χ0) is 14.5. The van der Waals surface area contributed by atoms with Crippen molar-refractivity contribution < 1.29 is 4.92 Å². The van der Waals surface area contributed by atoms with E-state index >= 15 is 0 Å². The number of aromatic nitrogens is 2. The van der Waals surface area contributed by atoms with Crippen LogP contribution in [0.1, 0.15) is 39.0 Å². The SMILES string of the molecule is CC1CCC(CCNc2nc(Cl)ncc2[N+](=O)[O-])CC1. The van der Waals surface area contributed by atoms with Crippen LogP contribution in [-0.2, 0) is 0 Å². The van der Waals surface area contributed by atoms with Gasteiger partial charge in [-0.25, -0.2) is 4.98 Å². The molecule has 20 heavy (non-hydrogen) atoms. The summed E-state index contributed by atoms with van der Waals surface area (Å²) >= 11 is 5.68. The molecule has 0 amide bonds. The first-order chi connectivity index (χ1) is 9.56. The Morgan fingerprint density at radius 1 is 1.45 bits per heavy atom. The first-order valence-corrected chi connectivity index (χ1v) is 7.35. The number of anilines is 1. The molecule has 0 radical (unpaired) electrons. The van der Waals surface area contributed by atoms with Gasteiger partial charge in [-0.3, -0.25) is 10.1 Å². The molecular formula is C13H19ClN4O2. The summed E-state index contributed by atoms with van der Waals surface area (Å²) < 4.78 is 0. The Bertz CT molecular complexity index is 475. The average molecular weight is 299 g/mol. The lowest BCUT2D eigenvalue weighted by Crippen LogP contribution is -2.16. The van der Waals surface area contributed by atoms with Crippen molar-refractivity contribution in [1.29, 1.82) is 0 Å². The predicted molar refractivity (Wildman–Crippen MR) is 77.9 cm³/mol. The average Bonchev–Trinajstić information content (AvgIpc) is 2.41. The van der Waals surface area contributed by atoms with Crippen LogP contribution in [0.2, 0.25) is 5.28 Å². The van der Waals surface area contributed by atoms with Crippen molar-refractivity contribution in [3.63, 3.8) is 0 Å². The molecule has 1 heterocycles. The Kier molecular flexibility index (Phi) is 5.11. The maximum absolute atomic E-state index is 10.9. The summed E-state index contributed by atoms with van der Waals surface area (Å²) in [4.78, 5) is 17.9. The smallest absolute Gasteiger partial charge is 0.329 e. The van der Waals surface area contributed by atoms with Gasteiger partial charge in [0.1, 0.15) is 6.20 Å². The van der Waals surface area contributed by atoms with Crippen molar-refractivity contribution in [1.82, 2.24) is 9.97 Å². The number of rotatable bonds is 5. The second kappa shape index (κ2) is 6.83. The normalized spacial score (nSPS) is 22.5. The van der Waals surface area contributed by atoms with Gasteiger partial charge in [0, 0.05) is 6.54 Å². The quantitative estimate of drug-likeness (QED) is 0.509. The summed E-state index contributed by atoms with van der Waals surface area (Å²) in [5, 5.41) is 13.9. The molecule has 0 saturated heterocycles. The van der Waals surface area contributed by atoms with E-state index in [1.807, 2.05) is 0 Å². The highest BCUT2D eigenvalue weighted by atomic mass is 35.5. The molecule has 7 heteroatoms. The molecule has 110 valence electrons. The molecule has 1 N–H and O–H groups in total. The van der Waals surface area contributed by atoms with Gasteiger partial charge in [-0.1, -0.05) is 32.6 Å². The van der Waals surface area contributed by atoms with Gasteiger partial charge in [-0.2, -0.15) is 4.98 Å². The lowest BCUT2D eigenvalue weighted by atomic mass is 9.81. The van der Waals surface area contributed by atoms with Gasteiger partial charge in [0.15, 0.2) is 0 Å². The summed E-state index contributed by atoms with van der Waals surface area (Å²) in [6.45, 7) is 2.97. The van der Waals surface area contributed by atoms with Crippen LogP contribution in [0.3, 0.4) is 0 Å². The standard InChI is InChI=1S/C13H19ClN4O2/c1-9-2-4-10(5-3-9)6-7-15-12-11(18(19)20)8-16-13(14)17-12/h8-10H,2-7H2,1H3,(H,15,16,17). The van der Waals surface area contributed by atoms with Crippen molar-refractivity contribution in [2.75, 3.05) is 11.9 Å². The molecule has 0 aliphatic heterocycles. The van der Waals surface area contributed by atoms with E-state index in [-0.39, 0.29) is 16.8 Å². The third-order valence-electron chi connectivity index (χ3n) is 3.92. The van der Waals surface area contributed by atoms with Crippen LogP contribution >= 0.6 is 11.6 Å². The highest BCUT2D eigenvalue weighted by Gasteiger charge is 2.19. The van der Waals surface area contributed by atoms with E-state index in [0.717, 1.165) is 18.5 Å².